The molecule has 1 fully saturated rings. The molecule has 0 atom stereocenters. The summed E-state index contributed by atoms with van der Waals surface area (Å²) in [5, 5.41) is 6.64. The lowest BCUT2D eigenvalue weighted by Crippen LogP contribution is -2.48. The van der Waals surface area contributed by atoms with Crippen LogP contribution in [0.3, 0.4) is 0 Å². The molecule has 0 aliphatic carbocycles. The van der Waals surface area contributed by atoms with Crippen LogP contribution in [0.25, 0.3) is 11.3 Å². The SMILES string of the molecule is Cc1ccc(C(=O)N2CCN(c3ccc(NC(=S)NC(=O)c4ccc(-c5ccc(Cl)c(Cl)c5)o4)cc3)CC2)cc1. The van der Waals surface area contributed by atoms with Gasteiger partial charge in [0, 0.05) is 48.7 Å². The summed E-state index contributed by atoms with van der Waals surface area (Å²) < 4.78 is 5.68. The molecular formula is C30H26Cl2N4O3S. The van der Waals surface area contributed by atoms with E-state index in [1.807, 2.05) is 60.4 Å². The second kappa shape index (κ2) is 12.1. The van der Waals surface area contributed by atoms with Crippen LogP contribution >= 0.6 is 35.4 Å². The number of nitrogens with one attached hydrogen (secondary N) is 2. The number of hydrogen-bond donors (Lipinski definition) is 2. The molecule has 2 heterocycles. The average Bonchev–Trinajstić information content (AvgIpc) is 3.46. The molecule has 0 saturated carbocycles. The molecule has 3 aromatic carbocycles. The Morgan fingerprint density at radius 2 is 1.55 bits per heavy atom. The number of furan rings is 1. The summed E-state index contributed by atoms with van der Waals surface area (Å²) >= 11 is 17.4. The Labute approximate surface area is 247 Å². The fourth-order valence-electron chi connectivity index (χ4n) is 4.39. The molecule has 4 aromatic rings. The zero-order chi connectivity index (χ0) is 28.2. The van der Waals surface area contributed by atoms with Crippen molar-refractivity contribution in [2.45, 2.75) is 6.92 Å². The molecule has 0 bridgehead atoms. The molecule has 2 N–H and O–H groups in total. The van der Waals surface area contributed by atoms with E-state index < -0.39 is 5.91 Å². The molecule has 5 rings (SSSR count). The number of aryl methyl sites for hydroxylation is 1. The standard InChI is InChI=1S/C30H26Cl2N4O3S/c1-19-2-4-20(5-3-19)29(38)36-16-14-35(15-17-36)23-9-7-22(8-10-23)33-30(40)34-28(37)27-13-12-26(39-27)21-6-11-24(31)25(32)18-21/h2-13,18H,14-17H2,1H3,(H2,33,34,37,40). The minimum absolute atomic E-state index is 0.0647. The van der Waals surface area contributed by atoms with Crippen LogP contribution in [0.1, 0.15) is 26.5 Å². The summed E-state index contributed by atoms with van der Waals surface area (Å²) in [5.41, 5.74) is 4.34. The van der Waals surface area contributed by atoms with Crippen molar-refractivity contribution in [3.63, 3.8) is 0 Å². The van der Waals surface area contributed by atoms with Crippen LogP contribution in [0.15, 0.2) is 83.3 Å². The summed E-state index contributed by atoms with van der Waals surface area (Å²) in [6.07, 6.45) is 0. The van der Waals surface area contributed by atoms with Crippen LogP contribution < -0.4 is 15.5 Å². The fraction of sp³-hybridized carbons (Fsp3) is 0.167. The van der Waals surface area contributed by atoms with Gasteiger partial charge in [-0.05, 0) is 85.9 Å². The van der Waals surface area contributed by atoms with Crippen LogP contribution in [0.5, 0.6) is 0 Å². The highest BCUT2D eigenvalue weighted by atomic mass is 35.5. The van der Waals surface area contributed by atoms with Crippen molar-refractivity contribution in [3.05, 3.63) is 106 Å². The van der Waals surface area contributed by atoms with Gasteiger partial charge in [-0.2, -0.15) is 0 Å². The Kier molecular flexibility index (Phi) is 8.40. The van der Waals surface area contributed by atoms with Gasteiger partial charge in [0.05, 0.1) is 10.0 Å². The molecule has 1 aromatic heterocycles. The lowest BCUT2D eigenvalue weighted by molar-refractivity contribution is 0.0746. The number of thiocarbonyl (C=S) groups is 1. The maximum absolute atomic E-state index is 12.8. The zero-order valence-corrected chi connectivity index (χ0v) is 23.9. The van der Waals surface area contributed by atoms with Crippen molar-refractivity contribution in [1.82, 2.24) is 10.2 Å². The smallest absolute Gasteiger partial charge is 0.293 e. The predicted molar refractivity (Wildman–Crippen MR) is 164 cm³/mol. The van der Waals surface area contributed by atoms with E-state index in [2.05, 4.69) is 15.5 Å². The van der Waals surface area contributed by atoms with Gasteiger partial charge in [0.2, 0.25) is 0 Å². The van der Waals surface area contributed by atoms with Gasteiger partial charge in [0.15, 0.2) is 10.9 Å². The van der Waals surface area contributed by atoms with Gasteiger partial charge in [-0.3, -0.25) is 14.9 Å². The Bertz CT molecular complexity index is 1550. The lowest BCUT2D eigenvalue weighted by atomic mass is 10.1. The zero-order valence-electron chi connectivity index (χ0n) is 21.6. The number of nitrogens with zero attached hydrogens (tertiary/aromatic N) is 2. The van der Waals surface area contributed by atoms with E-state index >= 15 is 0 Å². The van der Waals surface area contributed by atoms with E-state index in [0.29, 0.717) is 34.5 Å². The van der Waals surface area contributed by atoms with Crippen molar-refractivity contribution in [2.24, 2.45) is 0 Å². The van der Waals surface area contributed by atoms with E-state index in [9.17, 15) is 9.59 Å². The minimum atomic E-state index is -0.474. The monoisotopic (exact) mass is 592 g/mol. The van der Waals surface area contributed by atoms with E-state index in [4.69, 9.17) is 39.8 Å². The molecule has 2 amide bonds. The van der Waals surface area contributed by atoms with Gasteiger partial charge in [-0.1, -0.05) is 40.9 Å². The molecule has 0 spiro atoms. The molecule has 1 aliphatic heterocycles. The molecule has 40 heavy (non-hydrogen) atoms. The Hall–Kier alpha value is -3.85. The number of piperazine rings is 1. The first-order valence-corrected chi connectivity index (χ1v) is 13.8. The summed E-state index contributed by atoms with van der Waals surface area (Å²) in [6, 6.07) is 23.8. The van der Waals surface area contributed by atoms with E-state index in [0.717, 1.165) is 35.6 Å². The van der Waals surface area contributed by atoms with Gasteiger partial charge in [0.25, 0.3) is 11.8 Å². The molecular weight excluding hydrogens is 567 g/mol. The number of anilines is 2. The molecule has 1 saturated heterocycles. The Morgan fingerprint density at radius 1 is 0.850 bits per heavy atom. The number of rotatable bonds is 5. The molecule has 1 aliphatic rings. The average molecular weight is 594 g/mol. The third-order valence-electron chi connectivity index (χ3n) is 6.62. The lowest BCUT2D eigenvalue weighted by Gasteiger charge is -2.36. The summed E-state index contributed by atoms with van der Waals surface area (Å²) in [5.74, 6) is 0.187. The number of carbonyl (C=O) groups is 2. The van der Waals surface area contributed by atoms with E-state index in [1.54, 1.807) is 30.3 Å². The molecule has 204 valence electrons. The molecule has 0 radical (unpaired) electrons. The quantitative estimate of drug-likeness (QED) is 0.253. The first-order chi connectivity index (χ1) is 19.3. The van der Waals surface area contributed by atoms with Gasteiger partial charge < -0.3 is 19.5 Å². The Balaban J connectivity index is 1.12. The number of halogens is 2. The van der Waals surface area contributed by atoms with Crippen LogP contribution in [-0.4, -0.2) is 48.0 Å². The topological polar surface area (TPSA) is 77.8 Å². The van der Waals surface area contributed by atoms with Crippen molar-refractivity contribution >= 4 is 63.7 Å². The second-order valence-corrected chi connectivity index (χ2v) is 10.6. The number of benzene rings is 3. The molecule has 0 unspecified atom stereocenters. The summed E-state index contributed by atoms with van der Waals surface area (Å²) in [4.78, 5) is 29.6. The van der Waals surface area contributed by atoms with Crippen LogP contribution in [0.2, 0.25) is 10.0 Å². The highest BCUT2D eigenvalue weighted by molar-refractivity contribution is 7.80. The third kappa shape index (κ3) is 6.47. The van der Waals surface area contributed by atoms with Crippen LogP contribution in [0, 0.1) is 6.92 Å². The highest BCUT2D eigenvalue weighted by Crippen LogP contribution is 2.29. The highest BCUT2D eigenvalue weighted by Gasteiger charge is 2.22. The minimum Gasteiger partial charge on any atom is -0.451 e. The van der Waals surface area contributed by atoms with Crippen molar-refractivity contribution in [3.8, 4) is 11.3 Å². The largest absolute Gasteiger partial charge is 0.451 e. The summed E-state index contributed by atoms with van der Waals surface area (Å²) in [7, 11) is 0. The van der Waals surface area contributed by atoms with Gasteiger partial charge >= 0.3 is 0 Å². The first-order valence-electron chi connectivity index (χ1n) is 12.7. The van der Waals surface area contributed by atoms with Crippen molar-refractivity contribution in [2.75, 3.05) is 36.4 Å². The van der Waals surface area contributed by atoms with E-state index in [-0.39, 0.29) is 16.8 Å². The van der Waals surface area contributed by atoms with Gasteiger partial charge in [-0.15, -0.1) is 0 Å². The normalized spacial score (nSPS) is 13.2. The number of amides is 2. The van der Waals surface area contributed by atoms with Crippen LogP contribution in [0.4, 0.5) is 11.4 Å². The second-order valence-electron chi connectivity index (χ2n) is 9.39. The van der Waals surface area contributed by atoms with Crippen molar-refractivity contribution < 1.29 is 14.0 Å². The van der Waals surface area contributed by atoms with Crippen molar-refractivity contribution in [1.29, 1.82) is 0 Å². The third-order valence-corrected chi connectivity index (χ3v) is 7.56. The molecule has 7 nitrogen and oxygen atoms in total. The maximum Gasteiger partial charge on any atom is 0.293 e. The predicted octanol–water partition coefficient (Wildman–Crippen LogP) is 6.65. The fourth-order valence-corrected chi connectivity index (χ4v) is 4.90. The van der Waals surface area contributed by atoms with E-state index in [1.165, 1.54) is 0 Å². The van der Waals surface area contributed by atoms with Gasteiger partial charge in [0.1, 0.15) is 5.76 Å². The van der Waals surface area contributed by atoms with Gasteiger partial charge in [-0.25, -0.2) is 0 Å². The summed E-state index contributed by atoms with van der Waals surface area (Å²) in [6.45, 7) is 4.80. The Morgan fingerprint density at radius 3 is 2.23 bits per heavy atom. The van der Waals surface area contributed by atoms with Crippen LogP contribution in [-0.2, 0) is 0 Å². The number of hydrogen-bond acceptors (Lipinski definition) is 5. The number of carbonyl (C=O) groups excluding carboxylic acids is 2. The maximum atomic E-state index is 12.8. The first kappa shape index (κ1) is 27.7. The molecule has 10 heteroatoms.